The number of hydrogen-bond acceptors (Lipinski definition) is 3. The van der Waals surface area contributed by atoms with Crippen molar-refractivity contribution in [3.63, 3.8) is 0 Å². The average Bonchev–Trinajstić information content (AvgIpc) is 2.54. The third kappa shape index (κ3) is 1.52. The number of pyridine rings is 1. The van der Waals surface area contributed by atoms with Gasteiger partial charge in [0.05, 0.1) is 5.69 Å². The summed E-state index contributed by atoms with van der Waals surface area (Å²) in [4.78, 5) is 4.07. The van der Waals surface area contributed by atoms with Gasteiger partial charge in [0.15, 0.2) is 0 Å². The molecule has 2 rings (SSSR count). The fourth-order valence-electron chi connectivity index (χ4n) is 2.02. The summed E-state index contributed by atoms with van der Waals surface area (Å²) in [5, 5.41) is 0. The minimum atomic E-state index is -0.164. The van der Waals surface area contributed by atoms with Crippen LogP contribution in [-0.4, -0.2) is 4.98 Å². The summed E-state index contributed by atoms with van der Waals surface area (Å²) in [6.45, 7) is 0. The highest BCUT2D eigenvalue weighted by Crippen LogP contribution is 2.36. The van der Waals surface area contributed by atoms with Crippen molar-refractivity contribution in [1.29, 1.82) is 0 Å². The summed E-state index contributed by atoms with van der Waals surface area (Å²) in [6.07, 6.45) is 8.02. The van der Waals surface area contributed by atoms with Crippen LogP contribution >= 0.6 is 0 Å². The molecule has 0 spiro atoms. The van der Waals surface area contributed by atoms with Gasteiger partial charge in [0, 0.05) is 17.9 Å². The van der Waals surface area contributed by atoms with Crippen molar-refractivity contribution in [3.8, 4) is 0 Å². The van der Waals surface area contributed by atoms with Crippen molar-refractivity contribution in [2.45, 2.75) is 31.2 Å². The molecule has 3 heteroatoms. The summed E-state index contributed by atoms with van der Waals surface area (Å²) in [5.41, 5.74) is 13.5. The van der Waals surface area contributed by atoms with Crippen LogP contribution in [0.3, 0.4) is 0 Å². The van der Waals surface area contributed by atoms with Crippen molar-refractivity contribution in [1.82, 2.24) is 4.98 Å². The van der Waals surface area contributed by atoms with E-state index < -0.39 is 0 Å². The number of rotatable bonds is 1. The molecule has 1 saturated carbocycles. The lowest BCUT2D eigenvalue weighted by Crippen LogP contribution is -2.33. The Bertz CT molecular complexity index is 303. The van der Waals surface area contributed by atoms with Crippen LogP contribution in [0, 0.1) is 0 Å². The van der Waals surface area contributed by atoms with Crippen LogP contribution in [0.2, 0.25) is 0 Å². The first-order valence-electron chi connectivity index (χ1n) is 4.71. The zero-order chi connectivity index (χ0) is 9.31. The Morgan fingerprint density at radius 3 is 2.54 bits per heavy atom. The Balaban J connectivity index is 2.33. The average molecular weight is 177 g/mol. The summed E-state index contributed by atoms with van der Waals surface area (Å²) in [5.74, 6) is 0. The Morgan fingerprint density at radius 2 is 1.92 bits per heavy atom. The lowest BCUT2D eigenvalue weighted by atomic mass is 9.91. The maximum absolute atomic E-state index is 6.25. The highest BCUT2D eigenvalue weighted by Gasteiger charge is 2.31. The molecule has 0 aromatic carbocycles. The molecule has 0 unspecified atom stereocenters. The van der Waals surface area contributed by atoms with E-state index in [0.29, 0.717) is 5.69 Å². The van der Waals surface area contributed by atoms with Gasteiger partial charge in [-0.1, -0.05) is 12.8 Å². The maximum Gasteiger partial charge on any atom is 0.0504 e. The van der Waals surface area contributed by atoms with E-state index in [4.69, 9.17) is 11.5 Å². The number of aromatic nitrogens is 1. The van der Waals surface area contributed by atoms with Gasteiger partial charge < -0.3 is 11.5 Å². The molecule has 0 radical (unpaired) electrons. The van der Waals surface area contributed by atoms with Crippen molar-refractivity contribution in [2.75, 3.05) is 5.73 Å². The van der Waals surface area contributed by atoms with Gasteiger partial charge in [-0.3, -0.25) is 4.98 Å². The molecule has 0 atom stereocenters. The zero-order valence-corrected chi connectivity index (χ0v) is 7.66. The van der Waals surface area contributed by atoms with Crippen molar-refractivity contribution in [3.05, 3.63) is 24.0 Å². The van der Waals surface area contributed by atoms with Crippen LogP contribution in [-0.2, 0) is 5.54 Å². The summed E-state index contributed by atoms with van der Waals surface area (Å²) < 4.78 is 0. The molecule has 1 fully saturated rings. The first-order valence-corrected chi connectivity index (χ1v) is 4.71. The molecule has 0 saturated heterocycles. The van der Waals surface area contributed by atoms with E-state index in [1.807, 2.05) is 12.3 Å². The topological polar surface area (TPSA) is 64.9 Å². The van der Waals surface area contributed by atoms with Gasteiger partial charge >= 0.3 is 0 Å². The molecule has 1 aliphatic rings. The second-order valence-electron chi connectivity index (χ2n) is 3.87. The third-order valence-electron chi connectivity index (χ3n) is 2.83. The molecular weight excluding hydrogens is 162 g/mol. The minimum Gasteiger partial charge on any atom is -0.397 e. The monoisotopic (exact) mass is 177 g/mol. The maximum atomic E-state index is 6.25. The number of nitrogen functional groups attached to an aromatic ring is 1. The SMILES string of the molecule is Nc1cncc(C2(N)CCCC2)c1. The number of hydrogen-bond donors (Lipinski definition) is 2. The van der Waals surface area contributed by atoms with E-state index in [1.54, 1.807) is 6.20 Å². The molecule has 4 N–H and O–H groups in total. The number of anilines is 1. The number of nitrogens with zero attached hydrogens (tertiary/aromatic N) is 1. The molecule has 1 aromatic heterocycles. The van der Waals surface area contributed by atoms with Crippen LogP contribution < -0.4 is 11.5 Å². The van der Waals surface area contributed by atoms with Gasteiger partial charge in [-0.05, 0) is 24.5 Å². The van der Waals surface area contributed by atoms with E-state index in [1.165, 1.54) is 12.8 Å². The highest BCUT2D eigenvalue weighted by molar-refractivity contribution is 5.39. The molecule has 1 heterocycles. The van der Waals surface area contributed by atoms with Crippen molar-refractivity contribution in [2.24, 2.45) is 5.73 Å². The van der Waals surface area contributed by atoms with Crippen molar-refractivity contribution < 1.29 is 0 Å². The normalized spacial score (nSPS) is 20.4. The first kappa shape index (κ1) is 8.51. The van der Waals surface area contributed by atoms with Gasteiger partial charge in [-0.25, -0.2) is 0 Å². The van der Waals surface area contributed by atoms with Gasteiger partial charge in [-0.2, -0.15) is 0 Å². The van der Waals surface area contributed by atoms with E-state index in [0.717, 1.165) is 18.4 Å². The first-order chi connectivity index (χ1) is 6.21. The zero-order valence-electron chi connectivity index (χ0n) is 7.66. The van der Waals surface area contributed by atoms with Crippen LogP contribution in [0.5, 0.6) is 0 Å². The molecular formula is C10H15N3. The summed E-state index contributed by atoms with van der Waals surface area (Å²) >= 11 is 0. The van der Waals surface area contributed by atoms with Gasteiger partial charge in [-0.15, -0.1) is 0 Å². The molecule has 0 amide bonds. The summed E-state index contributed by atoms with van der Waals surface area (Å²) in [7, 11) is 0. The van der Waals surface area contributed by atoms with E-state index >= 15 is 0 Å². The predicted octanol–water partition coefficient (Wildman–Crippen LogP) is 1.39. The smallest absolute Gasteiger partial charge is 0.0504 e. The lowest BCUT2D eigenvalue weighted by molar-refractivity contribution is 0.460. The molecule has 13 heavy (non-hydrogen) atoms. The van der Waals surface area contributed by atoms with Crippen LogP contribution in [0.25, 0.3) is 0 Å². The Kier molecular flexibility index (Phi) is 1.96. The molecule has 3 nitrogen and oxygen atoms in total. The molecule has 70 valence electrons. The molecule has 0 bridgehead atoms. The standard InChI is InChI=1S/C10H15N3/c11-9-5-8(6-13-7-9)10(12)3-1-2-4-10/h5-7H,1-4,11-12H2. The van der Waals surface area contributed by atoms with Crippen LogP contribution in [0.1, 0.15) is 31.2 Å². The largest absolute Gasteiger partial charge is 0.397 e. The van der Waals surface area contributed by atoms with Crippen molar-refractivity contribution >= 4 is 5.69 Å². The Hall–Kier alpha value is -1.09. The van der Waals surface area contributed by atoms with Gasteiger partial charge in [0.2, 0.25) is 0 Å². The number of nitrogens with two attached hydrogens (primary N) is 2. The van der Waals surface area contributed by atoms with E-state index in [9.17, 15) is 0 Å². The second kappa shape index (κ2) is 3.00. The van der Waals surface area contributed by atoms with Crippen LogP contribution in [0.4, 0.5) is 5.69 Å². The Labute approximate surface area is 78.1 Å². The summed E-state index contributed by atoms with van der Waals surface area (Å²) in [6, 6.07) is 1.94. The highest BCUT2D eigenvalue weighted by atomic mass is 14.8. The molecule has 0 aliphatic heterocycles. The quantitative estimate of drug-likeness (QED) is 0.681. The fourth-order valence-corrected chi connectivity index (χ4v) is 2.02. The third-order valence-corrected chi connectivity index (χ3v) is 2.83. The minimum absolute atomic E-state index is 0.164. The predicted molar refractivity (Wildman–Crippen MR) is 53.0 cm³/mol. The lowest BCUT2D eigenvalue weighted by Gasteiger charge is -2.23. The van der Waals surface area contributed by atoms with Crippen LogP contribution in [0.15, 0.2) is 18.5 Å². The fraction of sp³-hybridized carbons (Fsp3) is 0.500. The molecule has 1 aromatic rings. The van der Waals surface area contributed by atoms with Gasteiger partial charge in [0.1, 0.15) is 0 Å². The van der Waals surface area contributed by atoms with Gasteiger partial charge in [0.25, 0.3) is 0 Å². The van der Waals surface area contributed by atoms with E-state index in [-0.39, 0.29) is 5.54 Å². The van der Waals surface area contributed by atoms with E-state index in [2.05, 4.69) is 4.98 Å². The second-order valence-corrected chi connectivity index (χ2v) is 3.87. The Morgan fingerprint density at radius 1 is 1.23 bits per heavy atom. The molecule has 1 aliphatic carbocycles.